The molecule has 21 heavy (non-hydrogen) atoms. The van der Waals surface area contributed by atoms with Crippen LogP contribution < -0.4 is 15.4 Å². The third-order valence-electron chi connectivity index (χ3n) is 3.22. The lowest BCUT2D eigenvalue weighted by Gasteiger charge is -2.27. The Kier molecular flexibility index (Phi) is 4.72. The minimum Gasteiger partial charge on any atom is -0.491 e. The Morgan fingerprint density at radius 1 is 1.43 bits per heavy atom. The Balaban J connectivity index is 1.89. The van der Waals surface area contributed by atoms with Crippen LogP contribution in [0, 0.1) is 5.92 Å². The molecule has 116 valence electrons. The van der Waals surface area contributed by atoms with Crippen molar-refractivity contribution in [2.45, 2.75) is 19.1 Å². The highest BCUT2D eigenvalue weighted by Crippen LogP contribution is 2.35. The summed E-state index contributed by atoms with van der Waals surface area (Å²) in [6, 6.07) is 4.67. The monoisotopic (exact) mass is 302 g/mol. The second-order valence-corrected chi connectivity index (χ2v) is 5.07. The van der Waals surface area contributed by atoms with Gasteiger partial charge in [-0.15, -0.1) is 0 Å². The molecule has 0 bridgehead atoms. The van der Waals surface area contributed by atoms with E-state index in [0.29, 0.717) is 13.1 Å². The van der Waals surface area contributed by atoms with E-state index in [0.717, 1.165) is 6.07 Å². The fourth-order valence-electron chi connectivity index (χ4n) is 1.92. The smallest absolute Gasteiger partial charge is 0.419 e. The van der Waals surface area contributed by atoms with Crippen LogP contribution in [0.15, 0.2) is 24.3 Å². The minimum atomic E-state index is -4.46. The molecule has 1 atom stereocenters. The third-order valence-corrected chi connectivity index (χ3v) is 3.22. The maximum atomic E-state index is 12.8. The van der Waals surface area contributed by atoms with Crippen LogP contribution >= 0.6 is 0 Å². The molecule has 1 aliphatic heterocycles. The van der Waals surface area contributed by atoms with Gasteiger partial charge in [0.1, 0.15) is 12.4 Å². The quantitative estimate of drug-likeness (QED) is 0.872. The molecule has 2 rings (SSSR count). The van der Waals surface area contributed by atoms with Crippen LogP contribution in [-0.2, 0) is 11.0 Å². The summed E-state index contributed by atoms with van der Waals surface area (Å²) in [5, 5.41) is 5.71. The summed E-state index contributed by atoms with van der Waals surface area (Å²) in [5.74, 6) is -0.389. The van der Waals surface area contributed by atoms with Crippen molar-refractivity contribution < 1.29 is 22.7 Å². The van der Waals surface area contributed by atoms with Crippen molar-refractivity contribution >= 4 is 5.91 Å². The highest BCUT2D eigenvalue weighted by Gasteiger charge is 2.34. The first-order chi connectivity index (χ1) is 9.88. The van der Waals surface area contributed by atoms with Crippen LogP contribution in [-0.4, -0.2) is 31.6 Å². The van der Waals surface area contributed by atoms with E-state index in [1.165, 1.54) is 18.2 Å². The molecule has 1 saturated heterocycles. The number of hydrogen-bond donors (Lipinski definition) is 2. The first-order valence-electron chi connectivity index (χ1n) is 6.68. The van der Waals surface area contributed by atoms with Gasteiger partial charge in [0.25, 0.3) is 0 Å². The Bertz CT molecular complexity index is 501. The van der Waals surface area contributed by atoms with Crippen molar-refractivity contribution in [1.29, 1.82) is 0 Å². The average Bonchev–Trinajstić information content (AvgIpc) is 2.33. The highest BCUT2D eigenvalue weighted by molar-refractivity contribution is 5.80. The number of carbonyl (C=O) groups excluding carboxylic acids is 1. The number of hydrogen-bond acceptors (Lipinski definition) is 3. The molecule has 1 aliphatic rings. The molecular formula is C14H17F3N2O2. The zero-order chi connectivity index (χ0) is 15.5. The zero-order valence-corrected chi connectivity index (χ0v) is 11.5. The normalized spacial score (nSPS) is 17.0. The van der Waals surface area contributed by atoms with Crippen LogP contribution in [0.4, 0.5) is 13.2 Å². The molecule has 0 aliphatic carbocycles. The maximum absolute atomic E-state index is 12.8. The third kappa shape index (κ3) is 4.10. The highest BCUT2D eigenvalue weighted by atomic mass is 19.4. The lowest BCUT2D eigenvalue weighted by Crippen LogP contribution is -2.53. The van der Waals surface area contributed by atoms with E-state index < -0.39 is 11.7 Å². The number of rotatable bonds is 5. The Morgan fingerprint density at radius 3 is 2.67 bits per heavy atom. The van der Waals surface area contributed by atoms with Gasteiger partial charge in [-0.1, -0.05) is 12.1 Å². The second-order valence-electron chi connectivity index (χ2n) is 5.07. The molecule has 1 aromatic rings. The molecule has 0 saturated carbocycles. The molecule has 4 nitrogen and oxygen atoms in total. The Hall–Kier alpha value is -1.76. The topological polar surface area (TPSA) is 50.4 Å². The average molecular weight is 302 g/mol. The molecule has 1 fully saturated rings. The van der Waals surface area contributed by atoms with Crippen molar-refractivity contribution in [3.05, 3.63) is 29.8 Å². The fourth-order valence-corrected chi connectivity index (χ4v) is 1.92. The van der Waals surface area contributed by atoms with Gasteiger partial charge in [0, 0.05) is 13.1 Å². The van der Waals surface area contributed by atoms with Gasteiger partial charge in [-0.05, 0) is 19.1 Å². The van der Waals surface area contributed by atoms with Gasteiger partial charge in [0.2, 0.25) is 5.91 Å². The van der Waals surface area contributed by atoms with Crippen molar-refractivity contribution in [3.63, 3.8) is 0 Å². The molecule has 0 aromatic heterocycles. The van der Waals surface area contributed by atoms with Crippen molar-refractivity contribution in [1.82, 2.24) is 10.6 Å². The molecular weight excluding hydrogens is 285 g/mol. The fraction of sp³-hybridized carbons (Fsp3) is 0.500. The molecule has 2 N–H and O–H groups in total. The summed E-state index contributed by atoms with van der Waals surface area (Å²) in [6.07, 6.45) is -4.46. The van der Waals surface area contributed by atoms with E-state index in [1.807, 2.05) is 0 Å². The summed E-state index contributed by atoms with van der Waals surface area (Å²) >= 11 is 0. The number of amides is 1. The van der Waals surface area contributed by atoms with E-state index in [1.54, 1.807) is 6.92 Å². The van der Waals surface area contributed by atoms with Crippen LogP contribution in [0.25, 0.3) is 0 Å². The summed E-state index contributed by atoms with van der Waals surface area (Å²) in [4.78, 5) is 11.7. The van der Waals surface area contributed by atoms with Gasteiger partial charge in [0.15, 0.2) is 0 Å². The van der Waals surface area contributed by atoms with Gasteiger partial charge in [-0.25, -0.2) is 0 Å². The van der Waals surface area contributed by atoms with E-state index >= 15 is 0 Å². The Labute approximate surface area is 120 Å². The lowest BCUT2D eigenvalue weighted by molar-refractivity contribution is -0.139. The number of para-hydroxylation sites is 1. The van der Waals surface area contributed by atoms with Gasteiger partial charge >= 0.3 is 6.18 Å². The molecule has 1 heterocycles. The largest absolute Gasteiger partial charge is 0.491 e. The maximum Gasteiger partial charge on any atom is 0.419 e. The van der Waals surface area contributed by atoms with Crippen molar-refractivity contribution in [2.24, 2.45) is 5.92 Å². The molecule has 0 radical (unpaired) electrons. The minimum absolute atomic E-state index is 0.0149. The number of nitrogens with one attached hydrogen (secondary N) is 2. The predicted molar refractivity (Wildman–Crippen MR) is 70.9 cm³/mol. The number of carbonyl (C=O) groups is 1. The van der Waals surface area contributed by atoms with E-state index in [4.69, 9.17) is 4.74 Å². The second kappa shape index (κ2) is 6.34. The van der Waals surface area contributed by atoms with E-state index in [2.05, 4.69) is 10.6 Å². The van der Waals surface area contributed by atoms with Crippen LogP contribution in [0.3, 0.4) is 0 Å². The van der Waals surface area contributed by atoms with Gasteiger partial charge in [0.05, 0.1) is 17.5 Å². The predicted octanol–water partition coefficient (Wildman–Crippen LogP) is 1.81. The number of benzene rings is 1. The number of alkyl halides is 3. The van der Waals surface area contributed by atoms with Crippen LogP contribution in [0.1, 0.15) is 12.5 Å². The summed E-state index contributed by atoms with van der Waals surface area (Å²) in [6.45, 7) is 2.95. The molecule has 0 spiro atoms. The first-order valence-corrected chi connectivity index (χ1v) is 6.68. The van der Waals surface area contributed by atoms with Crippen LogP contribution in [0.2, 0.25) is 0 Å². The number of ether oxygens (including phenoxy) is 1. The molecule has 7 heteroatoms. The SMILES string of the molecule is CC(COc1ccccc1C(F)(F)F)NC(=O)C1CNC1. The first kappa shape index (κ1) is 15.6. The van der Waals surface area contributed by atoms with Crippen LogP contribution in [0.5, 0.6) is 5.75 Å². The van der Waals surface area contributed by atoms with E-state index in [-0.39, 0.29) is 30.2 Å². The van der Waals surface area contributed by atoms with Crippen molar-refractivity contribution in [3.8, 4) is 5.75 Å². The molecule has 1 amide bonds. The van der Waals surface area contributed by atoms with Gasteiger partial charge in [-0.2, -0.15) is 13.2 Å². The van der Waals surface area contributed by atoms with E-state index in [9.17, 15) is 18.0 Å². The van der Waals surface area contributed by atoms with Crippen molar-refractivity contribution in [2.75, 3.05) is 19.7 Å². The summed E-state index contributed by atoms with van der Waals surface area (Å²) in [7, 11) is 0. The van der Waals surface area contributed by atoms with Gasteiger partial charge < -0.3 is 15.4 Å². The summed E-state index contributed by atoms with van der Waals surface area (Å²) in [5.41, 5.74) is -0.813. The van der Waals surface area contributed by atoms with Gasteiger partial charge in [-0.3, -0.25) is 4.79 Å². The molecule has 1 unspecified atom stereocenters. The summed E-state index contributed by atoms with van der Waals surface area (Å²) < 4.78 is 43.6. The standard InChI is InChI=1S/C14H17F3N2O2/c1-9(19-13(20)10-6-18-7-10)8-21-12-5-3-2-4-11(12)14(15,16)17/h2-5,9-10,18H,6-8H2,1H3,(H,19,20). The lowest BCUT2D eigenvalue weighted by atomic mass is 10.0. The Morgan fingerprint density at radius 2 is 2.10 bits per heavy atom. The zero-order valence-electron chi connectivity index (χ0n) is 11.5. The number of halogens is 3. The molecule has 1 aromatic carbocycles.